The van der Waals surface area contributed by atoms with Crippen LogP contribution in [0.5, 0.6) is 0 Å². The van der Waals surface area contributed by atoms with Crippen molar-refractivity contribution in [3.05, 3.63) is 71.5 Å². The van der Waals surface area contributed by atoms with Gasteiger partial charge in [0.2, 0.25) is 5.91 Å². The Bertz CT molecular complexity index is 798. The minimum Gasteiger partial charge on any atom is -0.326 e. The summed E-state index contributed by atoms with van der Waals surface area (Å²) in [7, 11) is 0. The van der Waals surface area contributed by atoms with Crippen LogP contribution in [0, 0.1) is 5.82 Å². The van der Waals surface area contributed by atoms with Crippen molar-refractivity contribution >= 4 is 22.9 Å². The van der Waals surface area contributed by atoms with Crippen LogP contribution in [0.3, 0.4) is 0 Å². The zero-order valence-corrected chi connectivity index (χ0v) is 14.0. The van der Waals surface area contributed by atoms with Gasteiger partial charge in [-0.3, -0.25) is 4.79 Å². The van der Waals surface area contributed by atoms with E-state index in [9.17, 15) is 9.18 Å². The molecule has 122 valence electrons. The molecule has 3 rings (SSSR count). The SMILES string of the molecule is CC(CC(=O)Nc1ccc(-c2nccs2)cc1)c1ccc(F)cc1. The van der Waals surface area contributed by atoms with Crippen LogP contribution in [-0.2, 0) is 4.79 Å². The molecule has 1 amide bonds. The predicted molar refractivity (Wildman–Crippen MR) is 95.6 cm³/mol. The average Bonchev–Trinajstić information content (AvgIpc) is 3.10. The summed E-state index contributed by atoms with van der Waals surface area (Å²) in [6.07, 6.45) is 2.12. The molecular formula is C19H17FN2OS. The van der Waals surface area contributed by atoms with Gasteiger partial charge in [-0.15, -0.1) is 11.3 Å². The topological polar surface area (TPSA) is 42.0 Å². The number of nitrogens with zero attached hydrogens (tertiary/aromatic N) is 1. The van der Waals surface area contributed by atoms with Crippen molar-refractivity contribution in [3.63, 3.8) is 0 Å². The quantitative estimate of drug-likeness (QED) is 0.703. The monoisotopic (exact) mass is 340 g/mol. The number of rotatable bonds is 5. The maximum atomic E-state index is 13.0. The minimum absolute atomic E-state index is 0.0280. The molecule has 24 heavy (non-hydrogen) atoms. The van der Waals surface area contributed by atoms with E-state index in [1.54, 1.807) is 29.7 Å². The molecule has 1 heterocycles. The maximum absolute atomic E-state index is 13.0. The van der Waals surface area contributed by atoms with E-state index in [1.165, 1.54) is 12.1 Å². The van der Waals surface area contributed by atoms with E-state index < -0.39 is 0 Å². The second kappa shape index (κ2) is 7.36. The number of aromatic nitrogens is 1. The third-order valence-corrected chi connectivity index (χ3v) is 4.60. The van der Waals surface area contributed by atoms with E-state index in [4.69, 9.17) is 0 Å². The number of thiazole rings is 1. The Kier molecular flexibility index (Phi) is 5.01. The van der Waals surface area contributed by atoms with Crippen molar-refractivity contribution in [2.24, 2.45) is 0 Å². The van der Waals surface area contributed by atoms with Crippen LogP contribution in [-0.4, -0.2) is 10.9 Å². The lowest BCUT2D eigenvalue weighted by molar-refractivity contribution is -0.116. The van der Waals surface area contributed by atoms with Gasteiger partial charge in [0, 0.05) is 29.2 Å². The van der Waals surface area contributed by atoms with E-state index >= 15 is 0 Å². The molecule has 2 aromatic carbocycles. The second-order valence-electron chi connectivity index (χ2n) is 5.62. The van der Waals surface area contributed by atoms with Gasteiger partial charge >= 0.3 is 0 Å². The van der Waals surface area contributed by atoms with E-state index in [2.05, 4.69) is 10.3 Å². The second-order valence-corrected chi connectivity index (χ2v) is 6.51. The van der Waals surface area contributed by atoms with Gasteiger partial charge in [0.05, 0.1) is 0 Å². The van der Waals surface area contributed by atoms with Crippen molar-refractivity contribution in [1.82, 2.24) is 4.98 Å². The van der Waals surface area contributed by atoms with E-state index in [1.807, 2.05) is 36.6 Å². The number of carbonyl (C=O) groups is 1. The summed E-state index contributed by atoms with van der Waals surface area (Å²) in [4.78, 5) is 16.4. The van der Waals surface area contributed by atoms with Crippen molar-refractivity contribution in [2.75, 3.05) is 5.32 Å². The van der Waals surface area contributed by atoms with Crippen LogP contribution in [0.15, 0.2) is 60.1 Å². The van der Waals surface area contributed by atoms with Gasteiger partial charge in [-0.2, -0.15) is 0 Å². The number of amides is 1. The molecule has 5 heteroatoms. The highest BCUT2D eigenvalue weighted by Gasteiger charge is 2.12. The number of anilines is 1. The van der Waals surface area contributed by atoms with Crippen LogP contribution >= 0.6 is 11.3 Å². The summed E-state index contributed by atoms with van der Waals surface area (Å²) in [5.74, 6) is -0.301. The fourth-order valence-electron chi connectivity index (χ4n) is 2.46. The first-order valence-corrected chi connectivity index (χ1v) is 8.55. The number of hydrogen-bond acceptors (Lipinski definition) is 3. The molecule has 1 aromatic heterocycles. The molecule has 0 radical (unpaired) electrons. The normalized spacial score (nSPS) is 11.9. The predicted octanol–water partition coefficient (Wildman–Crippen LogP) is 5.08. The molecule has 3 nitrogen and oxygen atoms in total. The molecule has 0 aliphatic heterocycles. The summed E-state index contributed by atoms with van der Waals surface area (Å²) in [5, 5.41) is 5.79. The zero-order chi connectivity index (χ0) is 16.9. The third-order valence-electron chi connectivity index (χ3n) is 3.78. The molecule has 0 bridgehead atoms. The fourth-order valence-corrected chi connectivity index (χ4v) is 3.11. The summed E-state index contributed by atoms with van der Waals surface area (Å²) >= 11 is 1.58. The number of halogens is 1. The van der Waals surface area contributed by atoms with Gasteiger partial charge in [-0.1, -0.05) is 19.1 Å². The molecule has 0 fully saturated rings. The first-order chi connectivity index (χ1) is 11.6. The van der Waals surface area contributed by atoms with Crippen molar-refractivity contribution in [1.29, 1.82) is 0 Å². The van der Waals surface area contributed by atoms with E-state index in [0.29, 0.717) is 6.42 Å². The smallest absolute Gasteiger partial charge is 0.224 e. The Morgan fingerprint density at radius 2 is 1.88 bits per heavy atom. The lowest BCUT2D eigenvalue weighted by Crippen LogP contribution is -2.14. The van der Waals surface area contributed by atoms with Crippen LogP contribution in [0.2, 0.25) is 0 Å². The molecule has 1 unspecified atom stereocenters. The maximum Gasteiger partial charge on any atom is 0.224 e. The largest absolute Gasteiger partial charge is 0.326 e. The summed E-state index contributed by atoms with van der Waals surface area (Å²) in [6, 6.07) is 13.9. The lowest BCUT2D eigenvalue weighted by atomic mass is 9.97. The van der Waals surface area contributed by atoms with E-state index in [-0.39, 0.29) is 17.6 Å². The molecular weight excluding hydrogens is 323 g/mol. The number of benzene rings is 2. The first-order valence-electron chi connectivity index (χ1n) is 7.67. The van der Waals surface area contributed by atoms with Gasteiger partial charge in [-0.05, 0) is 47.9 Å². The molecule has 1 N–H and O–H groups in total. The van der Waals surface area contributed by atoms with E-state index in [0.717, 1.165) is 21.8 Å². The van der Waals surface area contributed by atoms with Gasteiger partial charge in [0.25, 0.3) is 0 Å². The highest BCUT2D eigenvalue weighted by molar-refractivity contribution is 7.13. The Balaban J connectivity index is 1.59. The average molecular weight is 340 g/mol. The number of carbonyl (C=O) groups excluding carboxylic acids is 1. The summed E-state index contributed by atoms with van der Waals surface area (Å²) in [5.41, 5.74) is 2.74. The van der Waals surface area contributed by atoms with Gasteiger partial charge < -0.3 is 5.32 Å². The van der Waals surface area contributed by atoms with Gasteiger partial charge in [0.15, 0.2) is 0 Å². The van der Waals surface area contributed by atoms with Gasteiger partial charge in [-0.25, -0.2) is 9.37 Å². The van der Waals surface area contributed by atoms with Crippen LogP contribution in [0.4, 0.5) is 10.1 Å². The molecule has 0 saturated heterocycles. The lowest BCUT2D eigenvalue weighted by Gasteiger charge is -2.12. The molecule has 0 saturated carbocycles. The van der Waals surface area contributed by atoms with Gasteiger partial charge in [0.1, 0.15) is 10.8 Å². The molecule has 0 aliphatic carbocycles. The Morgan fingerprint density at radius 3 is 2.50 bits per heavy atom. The van der Waals surface area contributed by atoms with Crippen LogP contribution in [0.1, 0.15) is 24.8 Å². The van der Waals surface area contributed by atoms with Crippen LogP contribution in [0.25, 0.3) is 10.6 Å². The van der Waals surface area contributed by atoms with Crippen molar-refractivity contribution < 1.29 is 9.18 Å². The van der Waals surface area contributed by atoms with Crippen LogP contribution < -0.4 is 5.32 Å². The molecule has 1 atom stereocenters. The first kappa shape index (κ1) is 16.3. The molecule has 0 spiro atoms. The standard InChI is InChI=1S/C19H17FN2OS/c1-13(14-2-6-16(20)7-3-14)12-18(23)22-17-8-4-15(5-9-17)19-21-10-11-24-19/h2-11,13H,12H2,1H3,(H,22,23). The Labute approximate surface area is 144 Å². The highest BCUT2D eigenvalue weighted by atomic mass is 32.1. The highest BCUT2D eigenvalue weighted by Crippen LogP contribution is 2.24. The van der Waals surface area contributed by atoms with Crippen molar-refractivity contribution in [2.45, 2.75) is 19.3 Å². The number of nitrogens with one attached hydrogen (secondary N) is 1. The number of hydrogen-bond donors (Lipinski definition) is 1. The minimum atomic E-state index is -0.268. The Hall–Kier alpha value is -2.53. The summed E-state index contributed by atoms with van der Waals surface area (Å²) < 4.78 is 13.0. The fraction of sp³-hybridized carbons (Fsp3) is 0.158. The third kappa shape index (κ3) is 4.06. The Morgan fingerprint density at radius 1 is 1.17 bits per heavy atom. The summed E-state index contributed by atoms with van der Waals surface area (Å²) in [6.45, 7) is 1.96. The van der Waals surface area contributed by atoms with Crippen molar-refractivity contribution in [3.8, 4) is 10.6 Å². The molecule has 0 aliphatic rings. The molecule has 3 aromatic rings. The zero-order valence-electron chi connectivity index (χ0n) is 13.2.